The van der Waals surface area contributed by atoms with Crippen LogP contribution in [-0.2, 0) is 25.6 Å². The lowest BCUT2D eigenvalue weighted by Gasteiger charge is -2.16. The van der Waals surface area contributed by atoms with E-state index in [1.165, 1.54) is 0 Å². The minimum absolute atomic E-state index is 0.281. The second-order valence-electron chi connectivity index (χ2n) is 5.70. The molecule has 0 saturated carbocycles. The minimum Gasteiger partial charge on any atom is -0.480 e. The summed E-state index contributed by atoms with van der Waals surface area (Å²) in [6.07, 6.45) is 0.474. The van der Waals surface area contributed by atoms with E-state index in [1.54, 1.807) is 7.05 Å². The molecule has 3 amide bonds. The molecule has 0 heterocycles. The molecule has 0 fully saturated rings. The molecule has 1 atom stereocenters. The van der Waals surface area contributed by atoms with Crippen LogP contribution < -0.4 is 21.3 Å². The molecule has 0 bridgehead atoms. The molecule has 1 unspecified atom stereocenters. The van der Waals surface area contributed by atoms with Gasteiger partial charge in [0.15, 0.2) is 0 Å². The number of likely N-dealkylation sites (N-methyl/N-ethyl adjacent to an activating group) is 1. The van der Waals surface area contributed by atoms with Crippen LogP contribution >= 0.6 is 0 Å². The lowest BCUT2D eigenvalue weighted by Crippen LogP contribution is -2.48. The fourth-order valence-corrected chi connectivity index (χ4v) is 2.05. The van der Waals surface area contributed by atoms with Gasteiger partial charge in [-0.1, -0.05) is 29.8 Å². The van der Waals surface area contributed by atoms with Crippen LogP contribution in [0.1, 0.15) is 11.1 Å². The van der Waals surface area contributed by atoms with Crippen molar-refractivity contribution in [2.75, 3.05) is 26.7 Å². The number of aliphatic carboxylic acids is 1. The van der Waals surface area contributed by atoms with Gasteiger partial charge in [-0.05, 0) is 26.0 Å². The first-order valence-corrected chi connectivity index (χ1v) is 8.07. The van der Waals surface area contributed by atoms with Gasteiger partial charge in [0.25, 0.3) is 0 Å². The molecule has 26 heavy (non-hydrogen) atoms. The second kappa shape index (κ2) is 10.8. The Morgan fingerprint density at radius 2 is 1.46 bits per heavy atom. The molecule has 9 nitrogen and oxygen atoms in total. The normalized spacial score (nSPS) is 11.3. The number of amides is 3. The summed E-state index contributed by atoms with van der Waals surface area (Å²) in [4.78, 5) is 45.4. The minimum atomic E-state index is -1.18. The van der Waals surface area contributed by atoms with Crippen molar-refractivity contribution in [2.45, 2.75) is 19.4 Å². The van der Waals surface area contributed by atoms with E-state index in [0.29, 0.717) is 6.42 Å². The van der Waals surface area contributed by atoms with Gasteiger partial charge in [0, 0.05) is 0 Å². The summed E-state index contributed by atoms with van der Waals surface area (Å²) in [7, 11) is 1.66. The third kappa shape index (κ3) is 8.25. The highest BCUT2D eigenvalue weighted by Gasteiger charge is 2.17. The lowest BCUT2D eigenvalue weighted by molar-refractivity contribution is -0.137. The summed E-state index contributed by atoms with van der Waals surface area (Å²) in [5.74, 6) is -2.68. The Morgan fingerprint density at radius 1 is 0.923 bits per heavy atom. The third-order valence-corrected chi connectivity index (χ3v) is 3.53. The molecule has 142 valence electrons. The molecule has 0 aliphatic carbocycles. The van der Waals surface area contributed by atoms with Crippen molar-refractivity contribution >= 4 is 23.7 Å². The van der Waals surface area contributed by atoms with Gasteiger partial charge in [-0.3, -0.25) is 19.2 Å². The van der Waals surface area contributed by atoms with E-state index in [1.807, 2.05) is 31.2 Å². The first kappa shape index (κ1) is 21.1. The highest BCUT2D eigenvalue weighted by atomic mass is 16.4. The zero-order valence-corrected chi connectivity index (χ0v) is 14.8. The van der Waals surface area contributed by atoms with Crippen molar-refractivity contribution in [1.29, 1.82) is 0 Å². The molecule has 1 aromatic rings. The van der Waals surface area contributed by atoms with Gasteiger partial charge in [-0.15, -0.1) is 0 Å². The summed E-state index contributed by atoms with van der Waals surface area (Å²) in [6.45, 7) is 0.818. The highest BCUT2D eigenvalue weighted by Crippen LogP contribution is 2.06. The lowest BCUT2D eigenvalue weighted by atomic mass is 10.0. The highest BCUT2D eigenvalue weighted by molar-refractivity contribution is 5.90. The predicted molar refractivity (Wildman–Crippen MR) is 94.4 cm³/mol. The number of carbonyl (C=O) groups is 4. The number of rotatable bonds is 10. The average Bonchev–Trinajstić information content (AvgIpc) is 2.62. The Hall–Kier alpha value is -2.94. The number of aryl methyl sites for hydroxylation is 1. The summed E-state index contributed by atoms with van der Waals surface area (Å²) in [5, 5.41) is 18.2. The maximum Gasteiger partial charge on any atom is 0.322 e. The molecule has 0 aliphatic heterocycles. The number of carboxylic acid groups (broad SMARTS) is 1. The molecule has 1 aromatic carbocycles. The summed E-state index contributed by atoms with van der Waals surface area (Å²) in [6, 6.07) is 7.31. The van der Waals surface area contributed by atoms with Crippen LogP contribution in [0.3, 0.4) is 0 Å². The molecular weight excluding hydrogens is 340 g/mol. The molecule has 0 aliphatic rings. The number of hydrogen-bond donors (Lipinski definition) is 5. The largest absolute Gasteiger partial charge is 0.480 e. The molecule has 1 rings (SSSR count). The van der Waals surface area contributed by atoms with Crippen molar-refractivity contribution in [2.24, 2.45) is 0 Å². The number of carboxylic acids is 1. The van der Waals surface area contributed by atoms with Gasteiger partial charge < -0.3 is 26.4 Å². The van der Waals surface area contributed by atoms with Gasteiger partial charge in [-0.25, -0.2) is 0 Å². The van der Waals surface area contributed by atoms with Gasteiger partial charge in [0.2, 0.25) is 17.7 Å². The fourth-order valence-electron chi connectivity index (χ4n) is 2.05. The van der Waals surface area contributed by atoms with E-state index in [-0.39, 0.29) is 19.0 Å². The zero-order valence-electron chi connectivity index (χ0n) is 14.8. The van der Waals surface area contributed by atoms with Crippen molar-refractivity contribution in [1.82, 2.24) is 21.3 Å². The number of carbonyl (C=O) groups excluding carboxylic acids is 3. The Morgan fingerprint density at radius 3 is 2.00 bits per heavy atom. The number of nitrogens with one attached hydrogen (secondary N) is 4. The topological polar surface area (TPSA) is 137 Å². The smallest absolute Gasteiger partial charge is 0.322 e. The maximum atomic E-state index is 12.2. The summed E-state index contributed by atoms with van der Waals surface area (Å²) in [5.41, 5.74) is 2.12. The van der Waals surface area contributed by atoms with Crippen molar-refractivity contribution in [3.63, 3.8) is 0 Å². The molecule has 0 aromatic heterocycles. The standard InChI is InChI=1S/C17H24N4O5/c1-11-3-5-12(6-4-11)7-13(18-2)17(26)21-9-15(23)19-8-14(22)20-10-16(24)25/h3-6,13,18H,7-10H2,1-2H3,(H,19,23)(H,20,22)(H,21,26)(H,24,25). The summed E-state index contributed by atoms with van der Waals surface area (Å²) >= 11 is 0. The van der Waals surface area contributed by atoms with E-state index in [4.69, 9.17) is 5.11 Å². The number of hydrogen-bond acceptors (Lipinski definition) is 5. The third-order valence-electron chi connectivity index (χ3n) is 3.53. The van der Waals surface area contributed by atoms with Crippen molar-refractivity contribution < 1.29 is 24.3 Å². The second-order valence-corrected chi connectivity index (χ2v) is 5.70. The van der Waals surface area contributed by atoms with Gasteiger partial charge in [-0.2, -0.15) is 0 Å². The molecule has 9 heteroatoms. The molecule has 0 spiro atoms. The maximum absolute atomic E-state index is 12.2. The van der Waals surface area contributed by atoms with Crippen LogP contribution in [0.5, 0.6) is 0 Å². The van der Waals surface area contributed by atoms with E-state index < -0.39 is 30.4 Å². The molecule has 0 radical (unpaired) electrons. The van der Waals surface area contributed by atoms with Gasteiger partial charge in [0.1, 0.15) is 6.54 Å². The van der Waals surface area contributed by atoms with Crippen LogP contribution in [0.25, 0.3) is 0 Å². The van der Waals surface area contributed by atoms with Crippen LogP contribution in [0.15, 0.2) is 24.3 Å². The van der Waals surface area contributed by atoms with Crippen LogP contribution in [0, 0.1) is 6.92 Å². The monoisotopic (exact) mass is 364 g/mol. The fraction of sp³-hybridized carbons (Fsp3) is 0.412. The Kier molecular flexibility index (Phi) is 8.79. The first-order chi connectivity index (χ1) is 12.3. The van der Waals surface area contributed by atoms with Crippen molar-refractivity contribution in [3.05, 3.63) is 35.4 Å². The Labute approximate surface area is 151 Å². The van der Waals surface area contributed by atoms with Crippen LogP contribution in [0.4, 0.5) is 0 Å². The van der Waals surface area contributed by atoms with Crippen LogP contribution in [-0.4, -0.2) is 61.5 Å². The predicted octanol–water partition coefficient (Wildman–Crippen LogP) is -1.44. The SMILES string of the molecule is CNC(Cc1ccc(C)cc1)C(=O)NCC(=O)NCC(=O)NCC(=O)O. The molecular formula is C17H24N4O5. The van der Waals surface area contributed by atoms with E-state index in [2.05, 4.69) is 21.3 Å². The van der Waals surface area contributed by atoms with Crippen molar-refractivity contribution in [3.8, 4) is 0 Å². The van der Waals surface area contributed by atoms with Crippen LogP contribution in [0.2, 0.25) is 0 Å². The van der Waals surface area contributed by atoms with E-state index >= 15 is 0 Å². The quantitative estimate of drug-likeness (QED) is 0.345. The molecule has 0 saturated heterocycles. The average molecular weight is 364 g/mol. The molecule has 5 N–H and O–H groups in total. The first-order valence-electron chi connectivity index (χ1n) is 8.07. The van der Waals surface area contributed by atoms with Gasteiger partial charge in [0.05, 0.1) is 19.1 Å². The number of benzene rings is 1. The zero-order chi connectivity index (χ0) is 19.5. The van der Waals surface area contributed by atoms with Gasteiger partial charge >= 0.3 is 5.97 Å². The van der Waals surface area contributed by atoms with E-state index in [9.17, 15) is 19.2 Å². The van der Waals surface area contributed by atoms with E-state index in [0.717, 1.165) is 11.1 Å². The Balaban J connectivity index is 2.36. The summed E-state index contributed by atoms with van der Waals surface area (Å²) < 4.78 is 0. The Bertz CT molecular complexity index is 645.